The van der Waals surface area contributed by atoms with Gasteiger partial charge in [0.05, 0.1) is 18.4 Å². The first kappa shape index (κ1) is 15.0. The maximum Gasteiger partial charge on any atom is 0.248 e. The van der Waals surface area contributed by atoms with E-state index in [0.717, 1.165) is 0 Å². The molecule has 2 amide bonds. The van der Waals surface area contributed by atoms with Gasteiger partial charge in [0.25, 0.3) is 0 Å². The molecule has 1 unspecified atom stereocenters. The molecule has 1 atom stereocenters. The molecule has 2 heterocycles. The number of piperazine rings is 1. The smallest absolute Gasteiger partial charge is 0.248 e. The summed E-state index contributed by atoms with van der Waals surface area (Å²) in [7, 11) is 0. The van der Waals surface area contributed by atoms with E-state index in [-0.39, 0.29) is 18.4 Å². The topological polar surface area (TPSA) is 92.4 Å². The molecule has 7 heteroatoms. The third-order valence-electron chi connectivity index (χ3n) is 3.29. The van der Waals surface area contributed by atoms with E-state index in [1.807, 2.05) is 6.07 Å². The van der Waals surface area contributed by atoms with Crippen molar-refractivity contribution in [3.63, 3.8) is 0 Å². The summed E-state index contributed by atoms with van der Waals surface area (Å²) >= 11 is 0. The van der Waals surface area contributed by atoms with Crippen molar-refractivity contribution in [2.75, 3.05) is 18.4 Å². The fourth-order valence-electron chi connectivity index (χ4n) is 2.20. The van der Waals surface area contributed by atoms with Gasteiger partial charge in [-0.1, -0.05) is 12.1 Å². The van der Waals surface area contributed by atoms with Gasteiger partial charge >= 0.3 is 0 Å². The Balaban J connectivity index is 1.72. The zero-order valence-corrected chi connectivity index (χ0v) is 12.3. The zero-order chi connectivity index (χ0) is 16.1. The molecule has 3 N–H and O–H groups in total. The number of carbonyl (C=O) groups excluding carboxylic acids is 2. The maximum absolute atomic E-state index is 12.3. The van der Waals surface area contributed by atoms with Crippen LogP contribution in [0.5, 0.6) is 11.5 Å². The molecule has 1 aliphatic heterocycles. The summed E-state index contributed by atoms with van der Waals surface area (Å²) in [5.41, 5.74) is 0.529. The molecule has 0 aliphatic carbocycles. The van der Waals surface area contributed by atoms with E-state index < -0.39 is 6.04 Å². The van der Waals surface area contributed by atoms with Gasteiger partial charge in [-0.25, -0.2) is 0 Å². The van der Waals surface area contributed by atoms with Crippen LogP contribution < -0.4 is 20.7 Å². The Bertz CT molecular complexity index is 705. The lowest BCUT2D eigenvalue weighted by atomic mass is 10.2. The summed E-state index contributed by atoms with van der Waals surface area (Å²) in [5.74, 6) is 0.579. The number of hydrogen-bond acceptors (Lipinski definition) is 5. The second-order valence-corrected chi connectivity index (χ2v) is 5.03. The summed E-state index contributed by atoms with van der Waals surface area (Å²) < 4.78 is 5.74. The number of rotatable bonds is 4. The van der Waals surface area contributed by atoms with E-state index in [0.29, 0.717) is 23.7 Å². The normalized spacial score (nSPS) is 17.2. The number of carbonyl (C=O) groups is 2. The molecule has 23 heavy (non-hydrogen) atoms. The Labute approximate surface area is 133 Å². The summed E-state index contributed by atoms with van der Waals surface area (Å²) in [5, 5.41) is 8.32. The quantitative estimate of drug-likeness (QED) is 0.780. The molecule has 3 rings (SSSR count). The second-order valence-electron chi connectivity index (χ2n) is 5.03. The zero-order valence-electron chi connectivity index (χ0n) is 12.3. The van der Waals surface area contributed by atoms with E-state index in [9.17, 15) is 9.59 Å². The van der Waals surface area contributed by atoms with E-state index in [1.165, 1.54) is 0 Å². The minimum absolute atomic E-state index is 0.198. The highest BCUT2D eigenvalue weighted by molar-refractivity contribution is 5.99. The molecular formula is C16H16N4O3. The standard InChI is InChI=1S/C16H16N4O3/c21-15-10-18-9-13(19-15)16(22)20-12-5-1-2-6-14(12)23-11-4-3-7-17-8-11/h1-8,13,18H,9-10H2,(H,19,21)(H,20,22). The number of aromatic nitrogens is 1. The first-order valence-corrected chi connectivity index (χ1v) is 7.20. The third-order valence-corrected chi connectivity index (χ3v) is 3.29. The number of para-hydroxylation sites is 2. The van der Waals surface area contributed by atoms with Gasteiger partial charge < -0.3 is 20.7 Å². The van der Waals surface area contributed by atoms with Gasteiger partial charge in [-0.15, -0.1) is 0 Å². The van der Waals surface area contributed by atoms with Crippen molar-refractivity contribution < 1.29 is 14.3 Å². The SMILES string of the molecule is O=C1CNCC(C(=O)Nc2ccccc2Oc2cccnc2)N1. The molecule has 0 bridgehead atoms. The highest BCUT2D eigenvalue weighted by atomic mass is 16.5. The number of pyridine rings is 1. The van der Waals surface area contributed by atoms with Crippen LogP contribution in [0.15, 0.2) is 48.8 Å². The molecule has 0 radical (unpaired) electrons. The Kier molecular flexibility index (Phi) is 4.49. The Hall–Kier alpha value is -2.93. The number of hydrogen-bond donors (Lipinski definition) is 3. The van der Waals surface area contributed by atoms with Crippen LogP contribution in [-0.2, 0) is 9.59 Å². The van der Waals surface area contributed by atoms with Crippen molar-refractivity contribution in [3.8, 4) is 11.5 Å². The fraction of sp³-hybridized carbons (Fsp3) is 0.188. The summed E-state index contributed by atoms with van der Waals surface area (Å²) in [6, 6.07) is 10.0. The van der Waals surface area contributed by atoms with E-state index in [2.05, 4.69) is 20.9 Å². The molecule has 1 aromatic heterocycles. The van der Waals surface area contributed by atoms with Crippen molar-refractivity contribution in [1.29, 1.82) is 0 Å². The number of amides is 2. The van der Waals surface area contributed by atoms with Crippen LogP contribution >= 0.6 is 0 Å². The number of anilines is 1. The average Bonchev–Trinajstić information content (AvgIpc) is 2.57. The Morgan fingerprint density at radius 1 is 1.26 bits per heavy atom. The Morgan fingerprint density at radius 3 is 2.91 bits per heavy atom. The lowest BCUT2D eigenvalue weighted by Gasteiger charge is -2.23. The molecule has 118 valence electrons. The maximum atomic E-state index is 12.3. The second kappa shape index (κ2) is 6.89. The van der Waals surface area contributed by atoms with Crippen LogP contribution in [0.25, 0.3) is 0 Å². The van der Waals surface area contributed by atoms with Gasteiger partial charge in [0.2, 0.25) is 11.8 Å². The number of nitrogens with one attached hydrogen (secondary N) is 3. The predicted molar refractivity (Wildman–Crippen MR) is 84.2 cm³/mol. The molecule has 0 spiro atoms. The van der Waals surface area contributed by atoms with Crippen molar-refractivity contribution in [3.05, 3.63) is 48.8 Å². The third kappa shape index (κ3) is 3.83. The minimum Gasteiger partial charge on any atom is -0.454 e. The molecule has 0 saturated carbocycles. The highest BCUT2D eigenvalue weighted by Crippen LogP contribution is 2.28. The van der Waals surface area contributed by atoms with Gasteiger partial charge in [0.1, 0.15) is 11.8 Å². The highest BCUT2D eigenvalue weighted by Gasteiger charge is 2.25. The van der Waals surface area contributed by atoms with Crippen LogP contribution in [0.3, 0.4) is 0 Å². The molecule has 2 aromatic rings. The largest absolute Gasteiger partial charge is 0.454 e. The van der Waals surface area contributed by atoms with Crippen LogP contribution in [0, 0.1) is 0 Å². The fourth-order valence-corrected chi connectivity index (χ4v) is 2.20. The van der Waals surface area contributed by atoms with E-state index >= 15 is 0 Å². The van der Waals surface area contributed by atoms with Gasteiger partial charge in [-0.3, -0.25) is 14.6 Å². The van der Waals surface area contributed by atoms with Crippen molar-refractivity contribution in [2.24, 2.45) is 0 Å². The van der Waals surface area contributed by atoms with Crippen molar-refractivity contribution in [1.82, 2.24) is 15.6 Å². The van der Waals surface area contributed by atoms with E-state index in [4.69, 9.17) is 4.74 Å². The van der Waals surface area contributed by atoms with Crippen LogP contribution in [0.4, 0.5) is 5.69 Å². The molecular weight excluding hydrogens is 296 g/mol. The number of ether oxygens (including phenoxy) is 1. The lowest BCUT2D eigenvalue weighted by molar-refractivity contribution is -0.127. The van der Waals surface area contributed by atoms with Gasteiger partial charge in [-0.2, -0.15) is 0 Å². The van der Waals surface area contributed by atoms with Crippen molar-refractivity contribution >= 4 is 17.5 Å². The van der Waals surface area contributed by atoms with Gasteiger partial charge in [0.15, 0.2) is 5.75 Å². The molecule has 7 nitrogen and oxygen atoms in total. The van der Waals surface area contributed by atoms with Crippen LogP contribution in [0.1, 0.15) is 0 Å². The molecule has 1 fully saturated rings. The molecule has 1 aliphatic rings. The lowest BCUT2D eigenvalue weighted by Crippen LogP contribution is -2.57. The van der Waals surface area contributed by atoms with Crippen LogP contribution in [0.2, 0.25) is 0 Å². The first-order chi connectivity index (χ1) is 11.2. The predicted octanol–water partition coefficient (Wildman–Crippen LogP) is 0.900. The van der Waals surface area contributed by atoms with Gasteiger partial charge in [0, 0.05) is 12.7 Å². The van der Waals surface area contributed by atoms with E-state index in [1.54, 1.807) is 42.7 Å². The summed E-state index contributed by atoms with van der Waals surface area (Å²) in [4.78, 5) is 27.6. The average molecular weight is 312 g/mol. The van der Waals surface area contributed by atoms with Crippen LogP contribution in [-0.4, -0.2) is 35.9 Å². The molecule has 1 saturated heterocycles. The summed E-state index contributed by atoms with van der Waals surface area (Å²) in [6.45, 7) is 0.619. The number of benzene rings is 1. The first-order valence-electron chi connectivity index (χ1n) is 7.20. The summed E-state index contributed by atoms with van der Waals surface area (Å²) in [6.07, 6.45) is 3.24. The number of nitrogens with zero attached hydrogens (tertiary/aromatic N) is 1. The van der Waals surface area contributed by atoms with Gasteiger partial charge in [-0.05, 0) is 24.3 Å². The Morgan fingerprint density at radius 2 is 2.13 bits per heavy atom. The minimum atomic E-state index is -0.609. The monoisotopic (exact) mass is 312 g/mol. The molecule has 1 aromatic carbocycles. The van der Waals surface area contributed by atoms with Crippen molar-refractivity contribution in [2.45, 2.75) is 6.04 Å².